The second kappa shape index (κ2) is 27.4. The SMILES string of the molecule is CCC[NH+](CCC)CCc1c[nH]c2cccc(O)c12.CCC[NH+](CCC)CCc1c[nH]c2cccc(O)c12.O.O.O.O.O=C([O-])/C=C/C(=O)[O-]. The zero-order chi connectivity index (χ0) is 33.9. The Morgan fingerprint density at radius 2 is 0.920 bits per heavy atom. The molecule has 0 amide bonds. The van der Waals surface area contributed by atoms with E-state index in [9.17, 15) is 30.0 Å². The van der Waals surface area contributed by atoms with Crippen molar-refractivity contribution in [2.24, 2.45) is 0 Å². The number of hydrogen-bond acceptors (Lipinski definition) is 6. The molecular formula is C36H60N4O10. The van der Waals surface area contributed by atoms with Gasteiger partial charge >= 0.3 is 0 Å². The number of quaternary nitrogens is 2. The topological polar surface area (TPSA) is 287 Å². The van der Waals surface area contributed by atoms with Crippen LogP contribution < -0.4 is 20.0 Å². The van der Waals surface area contributed by atoms with E-state index in [2.05, 4.69) is 37.7 Å². The minimum absolute atomic E-state index is 0. The molecule has 284 valence electrons. The van der Waals surface area contributed by atoms with Crippen molar-refractivity contribution >= 4 is 33.7 Å². The highest BCUT2D eigenvalue weighted by Crippen LogP contribution is 2.28. The fourth-order valence-electron chi connectivity index (χ4n) is 5.79. The summed E-state index contributed by atoms with van der Waals surface area (Å²) < 4.78 is 0. The van der Waals surface area contributed by atoms with Crippen LogP contribution in [0.3, 0.4) is 0 Å². The number of carboxylic acid groups (broad SMARTS) is 2. The molecule has 0 saturated carbocycles. The van der Waals surface area contributed by atoms with Crippen molar-refractivity contribution in [1.82, 2.24) is 9.97 Å². The van der Waals surface area contributed by atoms with Gasteiger partial charge in [0.05, 0.1) is 51.2 Å². The van der Waals surface area contributed by atoms with Crippen molar-refractivity contribution in [2.45, 2.75) is 66.2 Å². The molecule has 14 heteroatoms. The Labute approximate surface area is 294 Å². The Bertz CT molecular complexity index is 1400. The summed E-state index contributed by atoms with van der Waals surface area (Å²) in [5, 5.41) is 40.8. The number of hydrogen-bond donors (Lipinski definition) is 6. The van der Waals surface area contributed by atoms with Gasteiger partial charge in [0.15, 0.2) is 0 Å². The van der Waals surface area contributed by atoms with Crippen molar-refractivity contribution in [1.29, 1.82) is 0 Å². The summed E-state index contributed by atoms with van der Waals surface area (Å²) in [5.74, 6) is -2.31. The van der Waals surface area contributed by atoms with Crippen molar-refractivity contribution in [3.8, 4) is 11.5 Å². The van der Waals surface area contributed by atoms with Gasteiger partial charge < -0.3 is 71.7 Å². The lowest BCUT2D eigenvalue weighted by Crippen LogP contribution is -3.12. The first-order chi connectivity index (χ1) is 22.1. The molecule has 0 radical (unpaired) electrons. The van der Waals surface area contributed by atoms with Crippen LogP contribution in [0, 0.1) is 0 Å². The van der Waals surface area contributed by atoms with Gasteiger partial charge in [-0.15, -0.1) is 0 Å². The van der Waals surface area contributed by atoms with Crippen molar-refractivity contribution < 1.29 is 61.7 Å². The lowest BCUT2D eigenvalue weighted by Gasteiger charge is -2.17. The van der Waals surface area contributed by atoms with E-state index in [1.165, 1.54) is 63.0 Å². The van der Waals surface area contributed by atoms with Crippen LogP contribution >= 0.6 is 0 Å². The highest BCUT2D eigenvalue weighted by Gasteiger charge is 2.13. The molecule has 0 aliphatic rings. The number of aromatic amines is 2. The molecule has 0 spiro atoms. The minimum atomic E-state index is -1.55. The van der Waals surface area contributed by atoms with Gasteiger partial charge in [0.25, 0.3) is 0 Å². The largest absolute Gasteiger partial charge is 0.545 e. The van der Waals surface area contributed by atoms with Gasteiger partial charge in [-0.1, -0.05) is 39.8 Å². The number of nitrogens with one attached hydrogen (secondary N) is 4. The summed E-state index contributed by atoms with van der Waals surface area (Å²) >= 11 is 0. The monoisotopic (exact) mass is 708 g/mol. The molecule has 4 aromatic rings. The summed E-state index contributed by atoms with van der Waals surface area (Å²) in [7, 11) is 0. The van der Waals surface area contributed by atoms with Crippen LogP contribution in [0.25, 0.3) is 21.8 Å². The molecular weight excluding hydrogens is 648 g/mol. The number of fused-ring (bicyclic) bond motifs is 2. The number of rotatable bonds is 16. The van der Waals surface area contributed by atoms with Crippen LogP contribution in [0.5, 0.6) is 11.5 Å². The third kappa shape index (κ3) is 16.8. The van der Waals surface area contributed by atoms with E-state index >= 15 is 0 Å². The number of H-pyrrole nitrogens is 2. The summed E-state index contributed by atoms with van der Waals surface area (Å²) in [6, 6.07) is 11.3. The number of phenols is 2. The van der Waals surface area contributed by atoms with E-state index in [0.29, 0.717) is 23.7 Å². The average Bonchev–Trinajstić information content (AvgIpc) is 3.64. The maximum Gasteiger partial charge on any atom is 0.125 e. The fourth-order valence-corrected chi connectivity index (χ4v) is 5.79. The van der Waals surface area contributed by atoms with Crippen molar-refractivity contribution in [2.75, 3.05) is 39.3 Å². The van der Waals surface area contributed by atoms with E-state index in [-0.39, 0.29) is 21.9 Å². The third-order valence-electron chi connectivity index (χ3n) is 7.80. The molecule has 2 aromatic heterocycles. The van der Waals surface area contributed by atoms with Crippen molar-refractivity contribution in [3.05, 3.63) is 72.1 Å². The smallest absolute Gasteiger partial charge is 0.125 e. The molecule has 2 heterocycles. The molecule has 14 N–H and O–H groups in total. The Hall–Kier alpha value is -4.44. The molecule has 0 atom stereocenters. The highest BCUT2D eigenvalue weighted by atomic mass is 16.4. The van der Waals surface area contributed by atoms with Crippen LogP contribution in [0.15, 0.2) is 60.9 Å². The van der Waals surface area contributed by atoms with E-state index in [4.69, 9.17) is 0 Å². The molecule has 50 heavy (non-hydrogen) atoms. The zero-order valence-electron chi connectivity index (χ0n) is 29.8. The molecule has 0 fully saturated rings. The quantitative estimate of drug-likeness (QED) is 0.0714. The maximum atomic E-state index is 9.99. The Morgan fingerprint density at radius 3 is 1.20 bits per heavy atom. The summed E-state index contributed by atoms with van der Waals surface area (Å²) in [5.41, 5.74) is 4.53. The number of carbonyl (C=O) groups excluding carboxylic acids is 2. The highest BCUT2D eigenvalue weighted by molar-refractivity contribution is 5.90. The second-order valence-corrected chi connectivity index (χ2v) is 11.5. The van der Waals surface area contributed by atoms with Gasteiger partial charge in [0.1, 0.15) is 11.5 Å². The third-order valence-corrected chi connectivity index (χ3v) is 7.80. The Balaban J connectivity index is -0.000000685. The van der Waals surface area contributed by atoms with E-state index in [0.717, 1.165) is 47.7 Å². The predicted molar refractivity (Wildman–Crippen MR) is 193 cm³/mol. The fraction of sp³-hybridized carbons (Fsp3) is 0.444. The minimum Gasteiger partial charge on any atom is -0.545 e. The van der Waals surface area contributed by atoms with Gasteiger partial charge in [-0.05, 0) is 73.2 Å². The number of aliphatic carboxylic acids is 2. The maximum absolute atomic E-state index is 9.99. The van der Waals surface area contributed by atoms with Crippen LogP contribution in [-0.4, -0.2) is 93.3 Å². The second-order valence-electron chi connectivity index (χ2n) is 11.5. The lowest BCUT2D eigenvalue weighted by atomic mass is 10.1. The molecule has 2 aromatic carbocycles. The Morgan fingerprint density at radius 1 is 0.600 bits per heavy atom. The van der Waals surface area contributed by atoms with Gasteiger partial charge in [0, 0.05) is 47.0 Å². The average molecular weight is 709 g/mol. The van der Waals surface area contributed by atoms with Crippen LogP contribution in [0.1, 0.15) is 64.5 Å². The first-order valence-electron chi connectivity index (χ1n) is 16.5. The molecule has 0 aliphatic carbocycles. The normalized spacial score (nSPS) is 10.3. The Kier molecular flexibility index (Phi) is 27.4. The number of carboxylic acids is 2. The summed E-state index contributed by atoms with van der Waals surface area (Å²) in [6.07, 6.45) is 11.8. The van der Waals surface area contributed by atoms with Crippen LogP contribution in [0.2, 0.25) is 0 Å². The van der Waals surface area contributed by atoms with Gasteiger partial charge in [0.2, 0.25) is 0 Å². The van der Waals surface area contributed by atoms with Gasteiger partial charge in [-0.25, -0.2) is 0 Å². The molecule has 0 aliphatic heterocycles. The van der Waals surface area contributed by atoms with Crippen LogP contribution in [0.4, 0.5) is 0 Å². The number of aromatic nitrogens is 2. The number of carbonyl (C=O) groups is 2. The standard InChI is InChI=1S/2C16H24N2O.C4H4O4.4H2O/c2*1-3-9-18(10-4-2)11-8-13-12-17-14-6-5-7-15(19)16(13)14;5-3(6)1-2-4(7)8;;;;/h2*5-7,12,17,19H,3-4,8-11H2,1-2H3;1-2H,(H,5,6)(H,7,8);4*1H2/b;;2-1+;;;;. The predicted octanol–water partition coefficient (Wildman–Crippen LogP) is -2.01. The number of benzene rings is 2. The zero-order valence-corrected chi connectivity index (χ0v) is 29.8. The van der Waals surface area contributed by atoms with Crippen LogP contribution in [-0.2, 0) is 22.4 Å². The molecule has 14 nitrogen and oxygen atoms in total. The summed E-state index contributed by atoms with van der Waals surface area (Å²) in [4.78, 5) is 28.6. The number of aromatic hydroxyl groups is 2. The lowest BCUT2D eigenvalue weighted by molar-refractivity contribution is -0.900. The molecule has 0 saturated heterocycles. The van der Waals surface area contributed by atoms with E-state index in [1.807, 2.05) is 36.7 Å². The molecule has 0 unspecified atom stereocenters. The first kappa shape index (κ1) is 49.9. The summed E-state index contributed by atoms with van der Waals surface area (Å²) in [6.45, 7) is 16.2. The van der Waals surface area contributed by atoms with E-state index in [1.54, 1.807) is 21.9 Å². The first-order valence-corrected chi connectivity index (χ1v) is 16.5. The van der Waals surface area contributed by atoms with Gasteiger partial charge in [-0.3, -0.25) is 0 Å². The number of phenolic OH excluding ortho intramolecular Hbond substituents is 2. The van der Waals surface area contributed by atoms with Gasteiger partial charge in [-0.2, -0.15) is 0 Å². The molecule has 4 rings (SSSR count). The van der Waals surface area contributed by atoms with Crippen molar-refractivity contribution in [3.63, 3.8) is 0 Å². The molecule has 0 bridgehead atoms. The van der Waals surface area contributed by atoms with E-state index < -0.39 is 11.9 Å².